The van der Waals surface area contributed by atoms with Gasteiger partial charge in [0.2, 0.25) is 5.91 Å². The highest BCUT2D eigenvalue weighted by Gasteiger charge is 2.29. The summed E-state index contributed by atoms with van der Waals surface area (Å²) in [6.07, 6.45) is 0. The lowest BCUT2D eigenvalue weighted by atomic mass is 10.0. The lowest BCUT2D eigenvalue weighted by Crippen LogP contribution is -2.36. The fraction of sp³-hybridized carbons (Fsp3) is 0.130. The molecule has 0 aliphatic carbocycles. The smallest absolute Gasteiger partial charge is 0.326 e. The number of carbonyl (C=O) groups excluding carboxylic acids is 2. The number of methoxy groups -OCH3 is 1. The summed E-state index contributed by atoms with van der Waals surface area (Å²) in [5, 5.41) is 2.59. The van der Waals surface area contributed by atoms with Crippen LogP contribution >= 0.6 is 0 Å². The molecule has 0 spiro atoms. The molecule has 7 nitrogen and oxygen atoms in total. The van der Waals surface area contributed by atoms with Gasteiger partial charge in [-0.1, -0.05) is 48.5 Å². The third-order valence-corrected chi connectivity index (χ3v) is 6.29. The lowest BCUT2D eigenvalue weighted by Gasteiger charge is -2.26. The molecular weight excluding hydrogens is 416 g/mol. The summed E-state index contributed by atoms with van der Waals surface area (Å²) < 4.78 is 32.8. The van der Waals surface area contributed by atoms with Crippen molar-refractivity contribution in [2.45, 2.75) is 11.8 Å². The lowest BCUT2D eigenvalue weighted by molar-refractivity contribution is -0.138. The van der Waals surface area contributed by atoms with Gasteiger partial charge in [-0.05, 0) is 35.9 Å². The molecule has 1 amide bonds. The Morgan fingerprint density at radius 2 is 1.52 bits per heavy atom. The van der Waals surface area contributed by atoms with Gasteiger partial charge in [0, 0.05) is 18.2 Å². The number of carbonyl (C=O) groups is 2. The van der Waals surface area contributed by atoms with Gasteiger partial charge in [-0.3, -0.25) is 13.9 Å². The van der Waals surface area contributed by atoms with Crippen LogP contribution in [0.5, 0.6) is 0 Å². The Bertz CT molecular complexity index is 1180. The number of benzene rings is 3. The zero-order chi connectivity index (χ0) is 22.4. The number of hydrogen-bond acceptors (Lipinski definition) is 5. The SMILES string of the molecule is COC(=O)CN(c1ccccc1-c1ccccc1)S(=O)(=O)c1ccc(NC(C)=O)cc1. The van der Waals surface area contributed by atoms with Gasteiger partial charge < -0.3 is 10.1 Å². The Kier molecular flexibility index (Phi) is 6.71. The summed E-state index contributed by atoms with van der Waals surface area (Å²) >= 11 is 0. The predicted octanol–water partition coefficient (Wildman–Crippen LogP) is 3.68. The maximum absolute atomic E-state index is 13.5. The molecule has 160 valence electrons. The Hall–Kier alpha value is -3.65. The third kappa shape index (κ3) is 5.10. The highest BCUT2D eigenvalue weighted by Crippen LogP contribution is 2.34. The third-order valence-electron chi connectivity index (χ3n) is 4.52. The topological polar surface area (TPSA) is 92.8 Å². The summed E-state index contributed by atoms with van der Waals surface area (Å²) in [6.45, 7) is 0.874. The van der Waals surface area contributed by atoms with Crippen molar-refractivity contribution in [3.8, 4) is 11.1 Å². The van der Waals surface area contributed by atoms with Crippen LogP contribution in [0.25, 0.3) is 11.1 Å². The minimum Gasteiger partial charge on any atom is -0.468 e. The zero-order valence-corrected chi connectivity index (χ0v) is 17.9. The number of hydrogen-bond donors (Lipinski definition) is 1. The van der Waals surface area contributed by atoms with E-state index in [1.54, 1.807) is 24.3 Å². The van der Waals surface area contributed by atoms with E-state index in [0.717, 1.165) is 9.87 Å². The second-order valence-electron chi connectivity index (χ2n) is 6.68. The molecule has 0 saturated heterocycles. The molecule has 8 heteroatoms. The predicted molar refractivity (Wildman–Crippen MR) is 119 cm³/mol. The van der Waals surface area contributed by atoms with Crippen LogP contribution in [0.1, 0.15) is 6.92 Å². The minimum absolute atomic E-state index is 0.0200. The monoisotopic (exact) mass is 438 g/mol. The van der Waals surface area contributed by atoms with Crippen molar-refractivity contribution in [2.24, 2.45) is 0 Å². The summed E-state index contributed by atoms with van der Waals surface area (Å²) in [6, 6.07) is 22.0. The average molecular weight is 439 g/mol. The van der Waals surface area contributed by atoms with Gasteiger partial charge in [0.25, 0.3) is 10.0 Å². The quantitative estimate of drug-likeness (QED) is 0.568. The number of nitrogens with zero attached hydrogens (tertiary/aromatic N) is 1. The summed E-state index contributed by atoms with van der Waals surface area (Å²) in [4.78, 5) is 23.3. The van der Waals surface area contributed by atoms with Crippen LogP contribution in [0.15, 0.2) is 83.8 Å². The zero-order valence-electron chi connectivity index (χ0n) is 17.1. The first-order valence-electron chi connectivity index (χ1n) is 9.44. The Morgan fingerprint density at radius 3 is 2.13 bits per heavy atom. The second kappa shape index (κ2) is 9.44. The van der Waals surface area contributed by atoms with Crippen LogP contribution in [0.4, 0.5) is 11.4 Å². The maximum atomic E-state index is 13.5. The largest absolute Gasteiger partial charge is 0.468 e. The van der Waals surface area contributed by atoms with E-state index in [4.69, 9.17) is 4.74 Å². The van der Waals surface area contributed by atoms with Gasteiger partial charge in [-0.25, -0.2) is 8.42 Å². The van der Waals surface area contributed by atoms with Crippen LogP contribution in [0.2, 0.25) is 0 Å². The molecule has 0 fully saturated rings. The minimum atomic E-state index is -4.12. The van der Waals surface area contributed by atoms with Crippen molar-refractivity contribution < 1.29 is 22.7 Å². The van der Waals surface area contributed by atoms with Crippen molar-refractivity contribution in [1.82, 2.24) is 0 Å². The number of amides is 1. The van der Waals surface area contributed by atoms with E-state index in [-0.39, 0.29) is 10.8 Å². The number of nitrogens with one attached hydrogen (secondary N) is 1. The summed E-state index contributed by atoms with van der Waals surface area (Å²) in [7, 11) is -2.91. The molecule has 31 heavy (non-hydrogen) atoms. The van der Waals surface area contributed by atoms with Gasteiger partial charge in [0.1, 0.15) is 6.54 Å². The molecule has 3 rings (SSSR count). The standard InChI is InChI=1S/C23H22N2O5S/c1-17(26)24-19-12-14-20(15-13-19)31(28,29)25(16-23(27)30-2)22-11-7-6-10-21(22)18-8-4-3-5-9-18/h3-15H,16H2,1-2H3,(H,24,26). The molecule has 0 bridgehead atoms. The molecule has 3 aromatic rings. The number of para-hydroxylation sites is 1. The molecule has 0 atom stereocenters. The molecule has 0 unspecified atom stereocenters. The van der Waals surface area contributed by atoms with Crippen molar-refractivity contribution in [3.05, 3.63) is 78.9 Å². The van der Waals surface area contributed by atoms with Crippen molar-refractivity contribution in [3.63, 3.8) is 0 Å². The highest BCUT2D eigenvalue weighted by molar-refractivity contribution is 7.92. The Labute approximate surface area is 181 Å². The van der Waals surface area contributed by atoms with E-state index in [0.29, 0.717) is 16.9 Å². The number of sulfonamides is 1. The van der Waals surface area contributed by atoms with Gasteiger partial charge in [0.05, 0.1) is 17.7 Å². The number of rotatable bonds is 7. The molecular formula is C23H22N2O5S. The van der Waals surface area contributed by atoms with E-state index >= 15 is 0 Å². The number of esters is 1. The Balaban J connectivity index is 2.10. The van der Waals surface area contributed by atoms with Crippen LogP contribution in [0.3, 0.4) is 0 Å². The average Bonchev–Trinajstić information content (AvgIpc) is 2.77. The maximum Gasteiger partial charge on any atom is 0.326 e. The van der Waals surface area contributed by atoms with Crippen molar-refractivity contribution in [2.75, 3.05) is 23.3 Å². The molecule has 0 radical (unpaired) electrons. The van der Waals surface area contributed by atoms with E-state index < -0.39 is 22.5 Å². The van der Waals surface area contributed by atoms with Crippen LogP contribution in [-0.4, -0.2) is 33.9 Å². The fourth-order valence-corrected chi connectivity index (χ4v) is 4.50. The van der Waals surface area contributed by atoms with E-state index in [9.17, 15) is 18.0 Å². The van der Waals surface area contributed by atoms with Crippen LogP contribution < -0.4 is 9.62 Å². The first-order valence-corrected chi connectivity index (χ1v) is 10.9. The van der Waals surface area contributed by atoms with E-state index in [1.165, 1.54) is 38.3 Å². The summed E-state index contributed by atoms with van der Waals surface area (Å²) in [5.74, 6) is -0.957. The fourth-order valence-electron chi connectivity index (χ4n) is 3.08. The Morgan fingerprint density at radius 1 is 0.903 bits per heavy atom. The first kappa shape index (κ1) is 22.0. The molecule has 0 aliphatic heterocycles. The molecule has 0 aromatic heterocycles. The molecule has 0 aliphatic rings. The highest BCUT2D eigenvalue weighted by atomic mass is 32.2. The molecule has 0 saturated carbocycles. The summed E-state index contributed by atoms with van der Waals surface area (Å²) in [5.41, 5.74) is 2.29. The number of ether oxygens (including phenoxy) is 1. The normalized spacial score (nSPS) is 10.9. The molecule has 0 heterocycles. The first-order chi connectivity index (χ1) is 14.8. The van der Waals surface area contributed by atoms with Gasteiger partial charge in [-0.15, -0.1) is 0 Å². The van der Waals surface area contributed by atoms with Gasteiger partial charge >= 0.3 is 5.97 Å². The van der Waals surface area contributed by atoms with Gasteiger partial charge in [0.15, 0.2) is 0 Å². The van der Waals surface area contributed by atoms with Crippen molar-refractivity contribution in [1.29, 1.82) is 0 Å². The van der Waals surface area contributed by atoms with Crippen LogP contribution in [0, 0.1) is 0 Å². The molecule has 1 N–H and O–H groups in total. The van der Waals surface area contributed by atoms with E-state index in [1.807, 2.05) is 30.3 Å². The molecule has 3 aromatic carbocycles. The van der Waals surface area contributed by atoms with Gasteiger partial charge in [-0.2, -0.15) is 0 Å². The van der Waals surface area contributed by atoms with E-state index in [2.05, 4.69) is 5.32 Å². The van der Waals surface area contributed by atoms with Crippen molar-refractivity contribution >= 4 is 33.3 Å². The van der Waals surface area contributed by atoms with Crippen LogP contribution in [-0.2, 0) is 24.3 Å². The number of anilines is 2. The second-order valence-corrected chi connectivity index (χ2v) is 8.54.